The van der Waals surface area contributed by atoms with Gasteiger partial charge in [0.05, 0.1) is 10.7 Å². The summed E-state index contributed by atoms with van der Waals surface area (Å²) in [6, 6.07) is 9.69. The van der Waals surface area contributed by atoms with Crippen LogP contribution in [0.1, 0.15) is 11.5 Å². The Morgan fingerprint density at radius 3 is 2.69 bits per heavy atom. The second-order valence-electron chi connectivity index (χ2n) is 6.23. The monoisotopic (exact) mass is 412 g/mol. The van der Waals surface area contributed by atoms with Gasteiger partial charge < -0.3 is 14.5 Å². The third-order valence-corrected chi connectivity index (χ3v) is 5.16. The van der Waals surface area contributed by atoms with Crippen molar-refractivity contribution < 1.29 is 9.72 Å². The van der Waals surface area contributed by atoms with Crippen LogP contribution in [0, 0.1) is 10.1 Å². The molecule has 0 aliphatic rings. The first-order valence-electron chi connectivity index (χ1n) is 8.78. The normalized spacial score (nSPS) is 10.7. The Morgan fingerprint density at radius 2 is 2.07 bits per heavy atom. The lowest BCUT2D eigenvalue weighted by molar-refractivity contribution is -0.384. The van der Waals surface area contributed by atoms with Crippen LogP contribution < -0.4 is 5.32 Å². The summed E-state index contributed by atoms with van der Waals surface area (Å²) >= 11 is 1.27. The average molecular weight is 412 g/mol. The maximum absolute atomic E-state index is 12.2. The number of nitro benzene ring substituents is 1. The van der Waals surface area contributed by atoms with E-state index in [1.807, 2.05) is 34.5 Å². The molecule has 1 amide bonds. The Hall–Kier alpha value is -3.40. The topological polar surface area (TPSA) is 108 Å². The lowest BCUT2D eigenvalue weighted by Crippen LogP contribution is -2.15. The van der Waals surface area contributed by atoms with E-state index in [0.717, 1.165) is 11.5 Å². The number of nitrogens with one attached hydrogen (secondary N) is 1. The number of aromatic nitrogens is 4. The zero-order valence-electron chi connectivity index (χ0n) is 15.8. The third-order valence-electron chi connectivity index (χ3n) is 4.19. The second kappa shape index (κ2) is 9.20. The van der Waals surface area contributed by atoms with Gasteiger partial charge in [-0.1, -0.05) is 17.8 Å². The second-order valence-corrected chi connectivity index (χ2v) is 7.17. The van der Waals surface area contributed by atoms with Crippen LogP contribution in [0.4, 0.5) is 11.4 Å². The van der Waals surface area contributed by atoms with Crippen molar-refractivity contribution in [1.29, 1.82) is 0 Å². The summed E-state index contributed by atoms with van der Waals surface area (Å²) < 4.78 is 3.96. The van der Waals surface area contributed by atoms with E-state index >= 15 is 0 Å². The zero-order valence-corrected chi connectivity index (χ0v) is 16.6. The van der Waals surface area contributed by atoms with Crippen molar-refractivity contribution in [2.75, 3.05) is 11.1 Å². The van der Waals surface area contributed by atoms with Gasteiger partial charge in [0.2, 0.25) is 5.91 Å². The summed E-state index contributed by atoms with van der Waals surface area (Å²) in [5.41, 5.74) is 1.58. The summed E-state index contributed by atoms with van der Waals surface area (Å²) in [4.78, 5) is 22.4. The predicted octanol–water partition coefficient (Wildman–Crippen LogP) is 3.03. The third kappa shape index (κ3) is 5.11. The molecule has 0 saturated carbocycles. The van der Waals surface area contributed by atoms with Gasteiger partial charge in [-0.2, -0.15) is 0 Å². The van der Waals surface area contributed by atoms with E-state index in [2.05, 4.69) is 22.1 Å². The molecular weight excluding hydrogens is 392 g/mol. The van der Waals surface area contributed by atoms with E-state index in [4.69, 9.17) is 0 Å². The summed E-state index contributed by atoms with van der Waals surface area (Å²) in [5, 5.41) is 22.5. The molecule has 0 atom stereocenters. The number of nitro groups is 1. The van der Waals surface area contributed by atoms with E-state index < -0.39 is 4.92 Å². The van der Waals surface area contributed by atoms with Gasteiger partial charge in [-0.3, -0.25) is 14.9 Å². The number of rotatable bonds is 9. The van der Waals surface area contributed by atoms with Gasteiger partial charge >= 0.3 is 0 Å². The number of benzene rings is 1. The molecule has 0 bridgehead atoms. The number of non-ortho nitro benzene ring substituents is 1. The van der Waals surface area contributed by atoms with Crippen LogP contribution >= 0.6 is 11.8 Å². The molecule has 0 aliphatic carbocycles. The summed E-state index contributed by atoms with van der Waals surface area (Å²) in [6.07, 6.45) is 4.36. The van der Waals surface area contributed by atoms with Crippen LogP contribution in [0.25, 0.3) is 0 Å². The SMILES string of the molecule is C=CCn1c(Cc2cccn2C)nnc1SCC(=O)Nc1ccc([N+](=O)[O-])cc1. The fraction of sp³-hybridized carbons (Fsp3) is 0.211. The molecule has 2 heterocycles. The molecule has 1 aromatic carbocycles. The number of allylic oxidation sites excluding steroid dienone is 1. The molecular formula is C19H20N6O3S. The lowest BCUT2D eigenvalue weighted by Gasteiger charge is -2.09. The quantitative estimate of drug-likeness (QED) is 0.250. The first kappa shape index (κ1) is 20.3. The van der Waals surface area contributed by atoms with Crippen molar-refractivity contribution in [2.45, 2.75) is 18.1 Å². The van der Waals surface area contributed by atoms with E-state index in [1.54, 1.807) is 6.08 Å². The minimum atomic E-state index is -0.485. The molecule has 3 aromatic rings. The molecule has 0 radical (unpaired) electrons. The van der Waals surface area contributed by atoms with Gasteiger partial charge in [-0.05, 0) is 24.3 Å². The Labute approximate surface area is 171 Å². The predicted molar refractivity (Wildman–Crippen MR) is 111 cm³/mol. The fourth-order valence-corrected chi connectivity index (χ4v) is 3.47. The number of hydrogen-bond donors (Lipinski definition) is 1. The van der Waals surface area contributed by atoms with Gasteiger partial charge in [0.1, 0.15) is 5.82 Å². The molecule has 0 spiro atoms. The maximum Gasteiger partial charge on any atom is 0.269 e. The standard InChI is InChI=1S/C19H20N6O3S/c1-3-10-24-17(12-16-5-4-11-23(16)2)21-22-19(24)29-13-18(26)20-14-6-8-15(9-7-14)25(27)28/h3-9,11H,1,10,12-13H2,2H3,(H,20,26). The van der Waals surface area contributed by atoms with E-state index in [0.29, 0.717) is 23.8 Å². The smallest absolute Gasteiger partial charge is 0.269 e. The highest BCUT2D eigenvalue weighted by molar-refractivity contribution is 7.99. The highest BCUT2D eigenvalue weighted by Crippen LogP contribution is 2.20. The van der Waals surface area contributed by atoms with Crippen molar-refractivity contribution in [3.8, 4) is 0 Å². The molecule has 3 rings (SSSR count). The van der Waals surface area contributed by atoms with Gasteiger partial charge in [-0.25, -0.2) is 0 Å². The minimum Gasteiger partial charge on any atom is -0.354 e. The number of anilines is 1. The number of aryl methyl sites for hydroxylation is 1. The van der Waals surface area contributed by atoms with Gasteiger partial charge in [-0.15, -0.1) is 16.8 Å². The molecule has 9 nitrogen and oxygen atoms in total. The van der Waals surface area contributed by atoms with E-state index in [9.17, 15) is 14.9 Å². The van der Waals surface area contributed by atoms with Crippen molar-refractivity contribution in [2.24, 2.45) is 7.05 Å². The first-order chi connectivity index (χ1) is 14.0. The largest absolute Gasteiger partial charge is 0.354 e. The molecule has 2 aromatic heterocycles. The van der Waals surface area contributed by atoms with E-state index in [-0.39, 0.29) is 17.3 Å². The number of nitrogens with zero attached hydrogens (tertiary/aromatic N) is 5. The van der Waals surface area contributed by atoms with Crippen LogP contribution in [0.2, 0.25) is 0 Å². The van der Waals surface area contributed by atoms with Gasteiger partial charge in [0, 0.05) is 49.7 Å². The van der Waals surface area contributed by atoms with Crippen LogP contribution in [0.5, 0.6) is 0 Å². The van der Waals surface area contributed by atoms with Crippen molar-refractivity contribution >= 4 is 29.0 Å². The van der Waals surface area contributed by atoms with Crippen LogP contribution in [-0.2, 0) is 24.8 Å². The molecule has 29 heavy (non-hydrogen) atoms. The number of carbonyl (C=O) groups is 1. The summed E-state index contributed by atoms with van der Waals surface area (Å²) in [6.45, 7) is 4.33. The number of thioether (sulfide) groups is 1. The maximum atomic E-state index is 12.2. The van der Waals surface area contributed by atoms with Crippen LogP contribution in [-0.4, -0.2) is 35.9 Å². The molecule has 150 valence electrons. The minimum absolute atomic E-state index is 0.0272. The Bertz CT molecular complexity index is 1030. The Balaban J connectivity index is 1.63. The van der Waals surface area contributed by atoms with Crippen molar-refractivity contribution in [3.63, 3.8) is 0 Å². The molecule has 0 unspecified atom stereocenters. The highest BCUT2D eigenvalue weighted by atomic mass is 32.2. The number of amides is 1. The number of carbonyl (C=O) groups excluding carboxylic acids is 1. The Morgan fingerprint density at radius 1 is 1.31 bits per heavy atom. The van der Waals surface area contributed by atoms with Crippen LogP contribution in [0.15, 0.2) is 60.4 Å². The molecule has 0 saturated heterocycles. The van der Waals surface area contributed by atoms with Crippen molar-refractivity contribution in [3.05, 3.63) is 76.9 Å². The fourth-order valence-electron chi connectivity index (χ4n) is 2.70. The highest BCUT2D eigenvalue weighted by Gasteiger charge is 2.15. The average Bonchev–Trinajstić information content (AvgIpc) is 3.27. The molecule has 0 fully saturated rings. The number of hydrogen-bond acceptors (Lipinski definition) is 6. The molecule has 1 N–H and O–H groups in total. The lowest BCUT2D eigenvalue weighted by atomic mass is 10.3. The van der Waals surface area contributed by atoms with Crippen LogP contribution in [0.3, 0.4) is 0 Å². The Kier molecular flexibility index (Phi) is 6.45. The van der Waals surface area contributed by atoms with E-state index in [1.165, 1.54) is 36.0 Å². The van der Waals surface area contributed by atoms with Gasteiger partial charge in [0.25, 0.3) is 5.69 Å². The molecule has 0 aliphatic heterocycles. The first-order valence-corrected chi connectivity index (χ1v) is 9.76. The summed E-state index contributed by atoms with van der Waals surface area (Å²) in [5.74, 6) is 0.696. The van der Waals surface area contributed by atoms with Gasteiger partial charge in [0.15, 0.2) is 5.16 Å². The molecule has 10 heteroatoms. The summed E-state index contributed by atoms with van der Waals surface area (Å²) in [7, 11) is 1.97. The zero-order chi connectivity index (χ0) is 20.8. The van der Waals surface area contributed by atoms with Crippen molar-refractivity contribution in [1.82, 2.24) is 19.3 Å².